The van der Waals surface area contributed by atoms with Gasteiger partial charge >= 0.3 is 12.2 Å². The Bertz CT molecular complexity index is 1120. The molecule has 11 heteroatoms. The standard InChI is InChI=1S/C23H27F3N6O2/c1-22(2,3)19-12-18(32(31-19)17-6-4-5-15(11-17)23(24,25)26)14-29-21(34)30-16-7-8-20(28-13-16)27-9-10-33/h4-8,11-13,33H,9-10,14H2,1-3H3,(H,27,28)(H2,29,30,34). The van der Waals surface area contributed by atoms with Crippen LogP contribution in [0.5, 0.6) is 0 Å². The van der Waals surface area contributed by atoms with Crippen LogP contribution in [0.25, 0.3) is 5.69 Å². The van der Waals surface area contributed by atoms with Crippen molar-refractivity contribution in [2.45, 2.75) is 38.9 Å². The van der Waals surface area contributed by atoms with Crippen LogP contribution in [0.4, 0.5) is 29.5 Å². The number of hydrogen-bond donors (Lipinski definition) is 4. The number of hydrogen-bond acceptors (Lipinski definition) is 5. The van der Waals surface area contributed by atoms with Gasteiger partial charge in [0.2, 0.25) is 0 Å². The van der Waals surface area contributed by atoms with Gasteiger partial charge in [-0.05, 0) is 36.4 Å². The number of aliphatic hydroxyl groups excluding tert-OH is 1. The molecule has 2 aromatic heterocycles. The molecule has 1 aromatic carbocycles. The summed E-state index contributed by atoms with van der Waals surface area (Å²) in [5.41, 5.74) is 0.783. The molecule has 2 amide bonds. The van der Waals surface area contributed by atoms with Crippen LogP contribution in [0, 0.1) is 0 Å². The molecule has 0 saturated carbocycles. The summed E-state index contributed by atoms with van der Waals surface area (Å²) in [6.07, 6.45) is -3.02. The van der Waals surface area contributed by atoms with Crippen LogP contribution in [-0.4, -0.2) is 39.1 Å². The number of pyridine rings is 1. The van der Waals surface area contributed by atoms with Crippen molar-refractivity contribution in [3.05, 3.63) is 65.6 Å². The molecule has 0 spiro atoms. The second-order valence-electron chi connectivity index (χ2n) is 8.62. The maximum atomic E-state index is 13.2. The predicted molar refractivity (Wildman–Crippen MR) is 123 cm³/mol. The van der Waals surface area contributed by atoms with Crippen molar-refractivity contribution in [3.63, 3.8) is 0 Å². The lowest BCUT2D eigenvalue weighted by Gasteiger charge is -2.14. The molecule has 0 saturated heterocycles. The van der Waals surface area contributed by atoms with E-state index >= 15 is 0 Å². The third-order valence-corrected chi connectivity index (χ3v) is 4.84. The van der Waals surface area contributed by atoms with Gasteiger partial charge in [-0.3, -0.25) is 0 Å². The number of aliphatic hydroxyl groups is 1. The minimum absolute atomic E-state index is 0.0297. The van der Waals surface area contributed by atoms with Gasteiger partial charge in [-0.25, -0.2) is 14.5 Å². The topological polar surface area (TPSA) is 104 Å². The number of halogens is 3. The highest BCUT2D eigenvalue weighted by Crippen LogP contribution is 2.31. The number of aromatic nitrogens is 3. The number of rotatable bonds is 7. The van der Waals surface area contributed by atoms with Gasteiger partial charge < -0.3 is 21.1 Å². The number of urea groups is 1. The van der Waals surface area contributed by atoms with Crippen LogP contribution < -0.4 is 16.0 Å². The Balaban J connectivity index is 1.76. The summed E-state index contributed by atoms with van der Waals surface area (Å²) in [5.74, 6) is 0.555. The second-order valence-corrected chi connectivity index (χ2v) is 8.62. The van der Waals surface area contributed by atoms with E-state index in [0.717, 1.165) is 12.1 Å². The Morgan fingerprint density at radius 1 is 1.12 bits per heavy atom. The summed E-state index contributed by atoms with van der Waals surface area (Å²) < 4.78 is 41.0. The van der Waals surface area contributed by atoms with E-state index < -0.39 is 17.8 Å². The maximum absolute atomic E-state index is 13.2. The number of carbonyl (C=O) groups excluding carboxylic acids is 1. The van der Waals surface area contributed by atoms with Crippen molar-refractivity contribution in [1.82, 2.24) is 20.1 Å². The van der Waals surface area contributed by atoms with Crippen molar-refractivity contribution in [3.8, 4) is 5.69 Å². The molecule has 0 atom stereocenters. The number of nitrogens with zero attached hydrogens (tertiary/aromatic N) is 3. The van der Waals surface area contributed by atoms with E-state index in [9.17, 15) is 18.0 Å². The number of anilines is 2. The summed E-state index contributed by atoms with van der Waals surface area (Å²) in [6.45, 7) is 6.20. The van der Waals surface area contributed by atoms with E-state index in [4.69, 9.17) is 5.11 Å². The molecular formula is C23H27F3N6O2. The summed E-state index contributed by atoms with van der Waals surface area (Å²) in [6, 6.07) is 9.46. The van der Waals surface area contributed by atoms with Crippen LogP contribution in [0.3, 0.4) is 0 Å². The molecular weight excluding hydrogens is 449 g/mol. The number of benzene rings is 1. The molecule has 182 valence electrons. The quantitative estimate of drug-likeness (QED) is 0.407. The lowest BCUT2D eigenvalue weighted by Crippen LogP contribution is -2.29. The molecule has 0 unspecified atom stereocenters. The molecule has 8 nitrogen and oxygen atoms in total. The smallest absolute Gasteiger partial charge is 0.395 e. The molecule has 0 aliphatic rings. The summed E-state index contributed by atoms with van der Waals surface area (Å²) in [5, 5.41) is 21.6. The van der Waals surface area contributed by atoms with Crippen LogP contribution in [0.2, 0.25) is 0 Å². The number of nitrogens with one attached hydrogen (secondary N) is 3. The Hall–Kier alpha value is -3.60. The fraction of sp³-hybridized carbons (Fsp3) is 0.348. The van der Waals surface area contributed by atoms with Crippen molar-refractivity contribution >= 4 is 17.5 Å². The lowest BCUT2D eigenvalue weighted by atomic mass is 9.92. The normalized spacial score (nSPS) is 11.9. The third kappa shape index (κ3) is 6.47. The average molecular weight is 477 g/mol. The summed E-state index contributed by atoms with van der Waals surface area (Å²) in [7, 11) is 0. The third-order valence-electron chi connectivity index (χ3n) is 4.84. The van der Waals surface area contributed by atoms with Crippen LogP contribution in [0.15, 0.2) is 48.7 Å². The van der Waals surface area contributed by atoms with E-state index in [1.807, 2.05) is 20.8 Å². The highest BCUT2D eigenvalue weighted by molar-refractivity contribution is 5.89. The van der Waals surface area contributed by atoms with E-state index in [1.165, 1.54) is 23.0 Å². The first-order valence-corrected chi connectivity index (χ1v) is 10.6. The first-order valence-electron chi connectivity index (χ1n) is 10.6. The number of carbonyl (C=O) groups is 1. The highest BCUT2D eigenvalue weighted by Gasteiger charge is 2.31. The first kappa shape index (κ1) is 25.0. The minimum atomic E-state index is -4.48. The molecule has 0 aliphatic carbocycles. The zero-order valence-electron chi connectivity index (χ0n) is 19.1. The Labute approximate surface area is 195 Å². The molecule has 34 heavy (non-hydrogen) atoms. The monoisotopic (exact) mass is 476 g/mol. The average Bonchev–Trinajstić information content (AvgIpc) is 3.22. The van der Waals surface area contributed by atoms with Gasteiger partial charge in [0.1, 0.15) is 5.82 Å². The highest BCUT2D eigenvalue weighted by atomic mass is 19.4. The molecule has 3 rings (SSSR count). The largest absolute Gasteiger partial charge is 0.416 e. The van der Waals surface area contributed by atoms with Gasteiger partial charge in [-0.15, -0.1) is 0 Å². The molecule has 0 fully saturated rings. The molecule has 0 bridgehead atoms. The van der Waals surface area contributed by atoms with E-state index in [2.05, 4.69) is 26.0 Å². The zero-order valence-corrected chi connectivity index (χ0v) is 19.1. The predicted octanol–water partition coefficient (Wildman–Crippen LogP) is 4.31. The van der Waals surface area contributed by atoms with Gasteiger partial charge in [-0.2, -0.15) is 18.3 Å². The van der Waals surface area contributed by atoms with Crippen LogP contribution in [0.1, 0.15) is 37.7 Å². The Morgan fingerprint density at radius 2 is 1.88 bits per heavy atom. The number of amides is 2. The fourth-order valence-corrected chi connectivity index (χ4v) is 3.05. The van der Waals surface area contributed by atoms with Gasteiger partial charge in [0, 0.05) is 12.0 Å². The van der Waals surface area contributed by atoms with Gasteiger partial charge in [0.15, 0.2) is 0 Å². The molecule has 0 aliphatic heterocycles. The first-order chi connectivity index (χ1) is 16.0. The second kappa shape index (κ2) is 10.1. The van der Waals surface area contributed by atoms with Crippen LogP contribution >= 0.6 is 0 Å². The van der Waals surface area contributed by atoms with Crippen molar-refractivity contribution in [2.24, 2.45) is 0 Å². The van der Waals surface area contributed by atoms with Crippen molar-refractivity contribution < 1.29 is 23.1 Å². The zero-order chi connectivity index (χ0) is 24.9. The van der Waals surface area contributed by atoms with E-state index in [-0.39, 0.29) is 24.3 Å². The maximum Gasteiger partial charge on any atom is 0.416 e. The lowest BCUT2D eigenvalue weighted by molar-refractivity contribution is -0.137. The van der Waals surface area contributed by atoms with E-state index in [0.29, 0.717) is 29.4 Å². The molecule has 4 N–H and O–H groups in total. The van der Waals surface area contributed by atoms with Gasteiger partial charge in [0.05, 0.1) is 47.7 Å². The Morgan fingerprint density at radius 3 is 2.50 bits per heavy atom. The minimum Gasteiger partial charge on any atom is -0.395 e. The van der Waals surface area contributed by atoms with Crippen molar-refractivity contribution in [2.75, 3.05) is 23.8 Å². The summed E-state index contributed by atoms with van der Waals surface area (Å²) >= 11 is 0. The molecule has 2 heterocycles. The fourth-order valence-electron chi connectivity index (χ4n) is 3.05. The van der Waals surface area contributed by atoms with Crippen molar-refractivity contribution in [1.29, 1.82) is 0 Å². The number of alkyl halides is 3. The van der Waals surface area contributed by atoms with Crippen LogP contribution in [-0.2, 0) is 18.1 Å². The molecule has 3 aromatic rings. The molecule has 0 radical (unpaired) electrons. The SMILES string of the molecule is CC(C)(C)c1cc(CNC(=O)Nc2ccc(NCCO)nc2)n(-c2cccc(C(F)(F)F)c2)n1. The summed E-state index contributed by atoms with van der Waals surface area (Å²) in [4.78, 5) is 16.5. The van der Waals surface area contributed by atoms with E-state index in [1.54, 1.807) is 18.2 Å². The van der Waals surface area contributed by atoms with Gasteiger partial charge in [0.25, 0.3) is 0 Å². The van der Waals surface area contributed by atoms with Gasteiger partial charge in [-0.1, -0.05) is 26.8 Å². The Kier molecular flexibility index (Phi) is 7.45.